The molecule has 1 radical (unpaired) electrons. The van der Waals surface area contributed by atoms with Crippen molar-refractivity contribution in [1.29, 1.82) is 0 Å². The molecule has 1 fully saturated rings. The fraction of sp³-hybridized carbons (Fsp3) is 0.600. The Morgan fingerprint density at radius 1 is 1.79 bits per heavy atom. The Morgan fingerprint density at radius 2 is 2.64 bits per heavy atom. The summed E-state index contributed by atoms with van der Waals surface area (Å²) in [5.41, 5.74) is 1.20. The van der Waals surface area contributed by atoms with Gasteiger partial charge in [-0.2, -0.15) is 0 Å². The van der Waals surface area contributed by atoms with Gasteiger partial charge in [-0.3, -0.25) is 0 Å². The molecule has 3 nitrogen and oxygen atoms in total. The van der Waals surface area contributed by atoms with Gasteiger partial charge in [0.15, 0.2) is 0 Å². The molecule has 3 atom stereocenters. The standard InChI is InChI=1S/C10H13BNO2/c1-2-3-13-10-9-5-8(12-11)4-7(9)6-14-10/h2,5,7-8,10H,1,3-4,6H2/t7?,8-,10?/m1/s1. The molecule has 2 aliphatic rings. The number of rotatable bonds is 4. The molecule has 1 saturated heterocycles. The Bertz CT molecular complexity index is 277. The van der Waals surface area contributed by atoms with Crippen molar-refractivity contribution in [2.75, 3.05) is 13.2 Å². The number of hydrogen-bond acceptors (Lipinski definition) is 3. The molecule has 1 aliphatic carbocycles. The molecule has 0 aromatic heterocycles. The summed E-state index contributed by atoms with van der Waals surface area (Å²) < 4.78 is 11.0. The molecule has 0 aromatic carbocycles. The van der Waals surface area contributed by atoms with Crippen molar-refractivity contribution in [2.45, 2.75) is 18.8 Å². The van der Waals surface area contributed by atoms with Crippen LogP contribution in [-0.2, 0) is 9.47 Å². The first-order valence-corrected chi connectivity index (χ1v) is 4.81. The van der Waals surface area contributed by atoms with Crippen LogP contribution in [0.2, 0.25) is 0 Å². The summed E-state index contributed by atoms with van der Waals surface area (Å²) in [5, 5.41) is 0. The van der Waals surface area contributed by atoms with Gasteiger partial charge in [-0.15, -0.1) is 0 Å². The van der Waals surface area contributed by atoms with Crippen molar-refractivity contribution in [3.05, 3.63) is 24.3 Å². The molecular weight excluding hydrogens is 177 g/mol. The zero-order chi connectivity index (χ0) is 9.97. The number of fused-ring (bicyclic) bond motifs is 1. The van der Waals surface area contributed by atoms with Crippen LogP contribution in [0, 0.1) is 5.92 Å². The Hall–Kier alpha value is -0.735. The predicted octanol–water partition coefficient (Wildman–Crippen LogP) is 1.21. The van der Waals surface area contributed by atoms with Crippen LogP contribution >= 0.6 is 0 Å². The average Bonchev–Trinajstić information content (AvgIpc) is 2.74. The van der Waals surface area contributed by atoms with E-state index in [1.165, 1.54) is 5.57 Å². The van der Waals surface area contributed by atoms with E-state index in [0.29, 0.717) is 12.5 Å². The molecule has 0 N–H and O–H groups in total. The number of ether oxygens (including phenoxy) is 2. The molecule has 2 rings (SSSR count). The van der Waals surface area contributed by atoms with Gasteiger partial charge in [0.05, 0.1) is 0 Å². The van der Waals surface area contributed by atoms with Crippen molar-refractivity contribution in [3.8, 4) is 0 Å². The van der Waals surface area contributed by atoms with Crippen molar-refractivity contribution >= 4 is 7.64 Å². The first-order valence-electron chi connectivity index (χ1n) is 4.81. The Morgan fingerprint density at radius 3 is 3.36 bits per heavy atom. The van der Waals surface area contributed by atoms with E-state index in [1.807, 2.05) is 0 Å². The molecule has 0 amide bonds. The minimum atomic E-state index is -0.204. The van der Waals surface area contributed by atoms with Gasteiger partial charge in [0.25, 0.3) is 0 Å². The van der Waals surface area contributed by atoms with Crippen LogP contribution in [0.5, 0.6) is 0 Å². The van der Waals surface area contributed by atoms with Crippen molar-refractivity contribution in [1.82, 2.24) is 0 Å². The summed E-state index contributed by atoms with van der Waals surface area (Å²) in [6.45, 7) is 4.83. The number of hydrogen-bond donors (Lipinski definition) is 0. The third kappa shape index (κ3) is 1.72. The van der Waals surface area contributed by atoms with Crippen LogP contribution in [0.4, 0.5) is 0 Å². The minimum absolute atomic E-state index is 0.147. The molecule has 73 valence electrons. The zero-order valence-electron chi connectivity index (χ0n) is 8.06. The molecule has 1 heterocycles. The van der Waals surface area contributed by atoms with Gasteiger partial charge in [-0.1, -0.05) is 0 Å². The Balaban J connectivity index is 2.01. The second kappa shape index (κ2) is 4.19. The van der Waals surface area contributed by atoms with Crippen LogP contribution in [0.25, 0.3) is 0 Å². The van der Waals surface area contributed by atoms with Gasteiger partial charge in [-0.25, -0.2) is 0 Å². The van der Waals surface area contributed by atoms with Gasteiger partial charge in [-0.05, 0) is 0 Å². The third-order valence-electron chi connectivity index (χ3n) is 2.66. The third-order valence-corrected chi connectivity index (χ3v) is 2.66. The van der Waals surface area contributed by atoms with Gasteiger partial charge >= 0.3 is 84.2 Å². The summed E-state index contributed by atoms with van der Waals surface area (Å²) in [6, 6.07) is 0.147. The normalized spacial score (nSPS) is 35.1. The van der Waals surface area contributed by atoms with E-state index in [9.17, 15) is 0 Å². The van der Waals surface area contributed by atoms with E-state index in [0.717, 1.165) is 13.0 Å². The van der Waals surface area contributed by atoms with Crippen LogP contribution in [0.15, 0.2) is 29.2 Å². The molecule has 2 unspecified atom stereocenters. The quantitative estimate of drug-likeness (QED) is 0.492. The predicted molar refractivity (Wildman–Crippen MR) is 54.0 cm³/mol. The fourth-order valence-corrected chi connectivity index (χ4v) is 1.99. The molecule has 14 heavy (non-hydrogen) atoms. The molecule has 4 heteroatoms. The summed E-state index contributed by atoms with van der Waals surface area (Å²) in [6.07, 6.45) is 4.53. The summed E-state index contributed by atoms with van der Waals surface area (Å²) in [7, 11) is 5.27. The second-order valence-electron chi connectivity index (χ2n) is 3.60. The summed E-state index contributed by atoms with van der Waals surface area (Å²) >= 11 is 0. The molecule has 0 spiro atoms. The van der Waals surface area contributed by atoms with Crippen LogP contribution in [0.1, 0.15) is 6.42 Å². The molecule has 1 aliphatic heterocycles. The monoisotopic (exact) mass is 190 g/mol. The van der Waals surface area contributed by atoms with Crippen LogP contribution < -0.4 is 0 Å². The second-order valence-corrected chi connectivity index (χ2v) is 3.60. The van der Waals surface area contributed by atoms with E-state index < -0.39 is 0 Å². The SMILES string of the molecule is [B]=N[C@H]1C=C2C(COC2OCC=C)C1. The van der Waals surface area contributed by atoms with Crippen molar-refractivity contribution in [3.63, 3.8) is 0 Å². The van der Waals surface area contributed by atoms with Gasteiger partial charge in [0.1, 0.15) is 0 Å². The average molecular weight is 190 g/mol. The number of nitrogens with zero attached hydrogens (tertiary/aromatic N) is 1. The van der Waals surface area contributed by atoms with Gasteiger partial charge in [0.2, 0.25) is 0 Å². The van der Waals surface area contributed by atoms with Crippen LogP contribution in [0.3, 0.4) is 0 Å². The van der Waals surface area contributed by atoms with Crippen LogP contribution in [-0.4, -0.2) is 33.2 Å². The summed E-state index contributed by atoms with van der Waals surface area (Å²) in [4.78, 5) is 3.78. The molecule has 0 saturated carbocycles. The van der Waals surface area contributed by atoms with E-state index >= 15 is 0 Å². The van der Waals surface area contributed by atoms with Gasteiger partial charge in [0, 0.05) is 0 Å². The van der Waals surface area contributed by atoms with E-state index in [1.54, 1.807) is 6.08 Å². The first-order chi connectivity index (χ1) is 6.85. The van der Waals surface area contributed by atoms with E-state index in [4.69, 9.17) is 17.1 Å². The summed E-state index contributed by atoms with van der Waals surface area (Å²) in [5.74, 6) is 0.446. The van der Waals surface area contributed by atoms with Gasteiger partial charge < -0.3 is 0 Å². The topological polar surface area (TPSA) is 30.8 Å². The molecule has 0 bridgehead atoms. The van der Waals surface area contributed by atoms with E-state index in [2.05, 4.69) is 17.6 Å². The maximum absolute atomic E-state index is 5.49. The molecular formula is C10H13BNO2. The maximum atomic E-state index is 5.49. The fourth-order valence-electron chi connectivity index (χ4n) is 1.99. The zero-order valence-corrected chi connectivity index (χ0v) is 8.06. The van der Waals surface area contributed by atoms with Crippen molar-refractivity contribution in [2.24, 2.45) is 10.8 Å². The molecule has 0 aromatic rings. The Labute approximate surface area is 84.9 Å². The Kier molecular flexibility index (Phi) is 2.94. The first kappa shape index (κ1) is 9.81. The van der Waals surface area contributed by atoms with E-state index in [-0.39, 0.29) is 12.3 Å². The van der Waals surface area contributed by atoms with Crippen molar-refractivity contribution < 1.29 is 9.47 Å².